The molecular formula is C18H24BrN. The first kappa shape index (κ1) is 13.3. The van der Waals surface area contributed by atoms with E-state index >= 15 is 0 Å². The molecule has 1 aromatic rings. The SMILES string of the molecule is Cc1cc(CNC2C3CC4CC(C3)CC2C4)ccc1Br. The molecule has 0 amide bonds. The molecule has 0 spiro atoms. The number of hydrogen-bond acceptors (Lipinski definition) is 1. The Bertz CT molecular complexity index is 482. The molecule has 0 radical (unpaired) electrons. The molecule has 4 fully saturated rings. The lowest BCUT2D eigenvalue weighted by Gasteiger charge is -2.54. The van der Waals surface area contributed by atoms with E-state index in [1.807, 2.05) is 0 Å². The Morgan fingerprint density at radius 2 is 1.70 bits per heavy atom. The Balaban J connectivity index is 1.43. The largest absolute Gasteiger partial charge is 0.309 e. The quantitative estimate of drug-likeness (QED) is 0.847. The lowest BCUT2D eigenvalue weighted by molar-refractivity contribution is -0.0142. The van der Waals surface area contributed by atoms with Crippen molar-refractivity contribution in [2.24, 2.45) is 23.7 Å². The van der Waals surface area contributed by atoms with Crippen LogP contribution in [-0.4, -0.2) is 6.04 Å². The Morgan fingerprint density at radius 1 is 1.05 bits per heavy atom. The van der Waals surface area contributed by atoms with Crippen LogP contribution >= 0.6 is 15.9 Å². The van der Waals surface area contributed by atoms with E-state index in [1.165, 1.54) is 41.3 Å². The molecule has 0 atom stereocenters. The maximum Gasteiger partial charge on any atom is 0.0208 e. The molecule has 1 aromatic carbocycles. The van der Waals surface area contributed by atoms with E-state index in [1.54, 1.807) is 6.42 Å². The Morgan fingerprint density at radius 3 is 2.30 bits per heavy atom. The van der Waals surface area contributed by atoms with Crippen molar-refractivity contribution in [3.05, 3.63) is 33.8 Å². The van der Waals surface area contributed by atoms with Crippen molar-refractivity contribution in [1.82, 2.24) is 5.32 Å². The summed E-state index contributed by atoms with van der Waals surface area (Å²) in [5, 5.41) is 3.91. The number of nitrogens with one attached hydrogen (secondary N) is 1. The van der Waals surface area contributed by atoms with Gasteiger partial charge in [0.15, 0.2) is 0 Å². The van der Waals surface area contributed by atoms with Gasteiger partial charge >= 0.3 is 0 Å². The molecule has 4 aliphatic carbocycles. The number of rotatable bonds is 3. The highest BCUT2D eigenvalue weighted by molar-refractivity contribution is 9.10. The minimum absolute atomic E-state index is 0.798. The predicted molar refractivity (Wildman–Crippen MR) is 86.6 cm³/mol. The molecule has 4 saturated carbocycles. The Hall–Kier alpha value is -0.340. The number of benzene rings is 1. The fourth-order valence-electron chi connectivity index (χ4n) is 5.31. The normalized spacial score (nSPS) is 38.4. The van der Waals surface area contributed by atoms with Crippen LogP contribution in [0.1, 0.15) is 43.2 Å². The maximum atomic E-state index is 3.91. The van der Waals surface area contributed by atoms with E-state index < -0.39 is 0 Å². The van der Waals surface area contributed by atoms with Gasteiger partial charge in [-0.15, -0.1) is 0 Å². The number of halogens is 1. The fraction of sp³-hybridized carbons (Fsp3) is 0.667. The molecule has 0 heterocycles. The van der Waals surface area contributed by atoms with Crippen molar-refractivity contribution in [3.63, 3.8) is 0 Å². The predicted octanol–water partition coefficient (Wildman–Crippen LogP) is 4.67. The van der Waals surface area contributed by atoms with Gasteiger partial charge in [-0.2, -0.15) is 0 Å². The molecule has 108 valence electrons. The summed E-state index contributed by atoms with van der Waals surface area (Å²) < 4.78 is 1.22. The second-order valence-corrected chi connectivity index (χ2v) is 8.28. The average molecular weight is 334 g/mol. The van der Waals surface area contributed by atoms with Crippen molar-refractivity contribution in [3.8, 4) is 0 Å². The first-order valence-corrected chi connectivity index (χ1v) is 8.96. The average Bonchev–Trinajstić information content (AvgIpc) is 2.41. The monoisotopic (exact) mass is 333 g/mol. The van der Waals surface area contributed by atoms with Gasteiger partial charge < -0.3 is 5.32 Å². The summed E-state index contributed by atoms with van der Waals surface area (Å²) in [7, 11) is 0. The van der Waals surface area contributed by atoms with E-state index in [2.05, 4.69) is 46.4 Å². The highest BCUT2D eigenvalue weighted by Gasteiger charge is 2.47. The summed E-state index contributed by atoms with van der Waals surface area (Å²) in [4.78, 5) is 0. The fourth-order valence-corrected chi connectivity index (χ4v) is 5.56. The van der Waals surface area contributed by atoms with Crippen molar-refractivity contribution in [1.29, 1.82) is 0 Å². The minimum Gasteiger partial charge on any atom is -0.309 e. The van der Waals surface area contributed by atoms with Gasteiger partial charge in [-0.3, -0.25) is 0 Å². The molecular weight excluding hydrogens is 310 g/mol. The van der Waals surface area contributed by atoms with Crippen LogP contribution in [0.15, 0.2) is 22.7 Å². The topological polar surface area (TPSA) is 12.0 Å². The summed E-state index contributed by atoms with van der Waals surface area (Å²) >= 11 is 3.59. The summed E-state index contributed by atoms with van der Waals surface area (Å²) in [6.07, 6.45) is 7.56. The highest BCUT2D eigenvalue weighted by atomic mass is 79.9. The number of aryl methyl sites for hydroxylation is 1. The smallest absolute Gasteiger partial charge is 0.0208 e. The summed E-state index contributed by atoms with van der Waals surface area (Å²) in [5.74, 6) is 4.10. The van der Waals surface area contributed by atoms with Crippen LogP contribution in [0.2, 0.25) is 0 Å². The molecule has 4 bridgehead atoms. The van der Waals surface area contributed by atoms with Gasteiger partial charge in [-0.1, -0.05) is 28.1 Å². The zero-order valence-electron chi connectivity index (χ0n) is 12.2. The molecule has 0 unspecified atom stereocenters. The molecule has 0 aliphatic heterocycles. The molecule has 1 nitrogen and oxygen atoms in total. The molecule has 0 saturated heterocycles. The van der Waals surface area contributed by atoms with Crippen LogP contribution in [0.5, 0.6) is 0 Å². The number of hydrogen-bond donors (Lipinski definition) is 1. The van der Waals surface area contributed by atoms with Crippen molar-refractivity contribution >= 4 is 15.9 Å². The van der Waals surface area contributed by atoms with Crippen molar-refractivity contribution < 1.29 is 0 Å². The van der Waals surface area contributed by atoms with Gasteiger partial charge in [-0.25, -0.2) is 0 Å². The van der Waals surface area contributed by atoms with Crippen LogP contribution in [0.4, 0.5) is 0 Å². The zero-order valence-corrected chi connectivity index (χ0v) is 13.8. The van der Waals surface area contributed by atoms with E-state index in [0.717, 1.165) is 36.3 Å². The minimum atomic E-state index is 0.798. The first-order chi connectivity index (χ1) is 9.69. The van der Waals surface area contributed by atoms with E-state index in [-0.39, 0.29) is 0 Å². The van der Waals surface area contributed by atoms with E-state index in [0.29, 0.717) is 0 Å². The second-order valence-electron chi connectivity index (χ2n) is 7.42. The third-order valence-corrected chi connectivity index (χ3v) is 6.88. The lowest BCUT2D eigenvalue weighted by atomic mass is 9.54. The summed E-state index contributed by atoms with van der Waals surface area (Å²) in [6.45, 7) is 3.22. The Kier molecular flexibility index (Phi) is 3.42. The zero-order chi connectivity index (χ0) is 13.7. The molecule has 2 heteroatoms. The van der Waals surface area contributed by atoms with Gasteiger partial charge in [-0.05, 0) is 79.9 Å². The van der Waals surface area contributed by atoms with Crippen LogP contribution < -0.4 is 5.32 Å². The molecule has 1 N–H and O–H groups in total. The van der Waals surface area contributed by atoms with Crippen LogP contribution in [0.3, 0.4) is 0 Å². The Labute approximate surface area is 130 Å². The third-order valence-electron chi connectivity index (χ3n) is 5.99. The highest BCUT2D eigenvalue weighted by Crippen LogP contribution is 2.53. The van der Waals surface area contributed by atoms with Gasteiger partial charge in [0.2, 0.25) is 0 Å². The van der Waals surface area contributed by atoms with E-state index in [4.69, 9.17) is 0 Å². The van der Waals surface area contributed by atoms with Crippen molar-refractivity contribution in [2.75, 3.05) is 0 Å². The van der Waals surface area contributed by atoms with Crippen LogP contribution in [-0.2, 0) is 6.54 Å². The van der Waals surface area contributed by atoms with Gasteiger partial charge in [0, 0.05) is 17.1 Å². The molecule has 0 aromatic heterocycles. The maximum absolute atomic E-state index is 3.91. The van der Waals surface area contributed by atoms with Crippen LogP contribution in [0, 0.1) is 30.6 Å². The molecule has 20 heavy (non-hydrogen) atoms. The summed E-state index contributed by atoms with van der Waals surface area (Å²) in [5.41, 5.74) is 2.77. The van der Waals surface area contributed by atoms with Crippen LogP contribution in [0.25, 0.3) is 0 Å². The lowest BCUT2D eigenvalue weighted by Crippen LogP contribution is -2.54. The second kappa shape index (κ2) is 5.14. The van der Waals surface area contributed by atoms with Gasteiger partial charge in [0.25, 0.3) is 0 Å². The van der Waals surface area contributed by atoms with E-state index in [9.17, 15) is 0 Å². The van der Waals surface area contributed by atoms with Gasteiger partial charge in [0.1, 0.15) is 0 Å². The molecule has 4 aliphatic rings. The third kappa shape index (κ3) is 2.35. The first-order valence-electron chi connectivity index (χ1n) is 8.17. The summed E-state index contributed by atoms with van der Waals surface area (Å²) in [6, 6.07) is 7.54. The van der Waals surface area contributed by atoms with Crippen molar-refractivity contribution in [2.45, 2.75) is 51.6 Å². The van der Waals surface area contributed by atoms with Gasteiger partial charge in [0.05, 0.1) is 0 Å². The standard InChI is InChI=1S/C18H24BrN/c1-11-4-12(2-3-17(11)19)10-20-18-15-6-13-5-14(8-15)9-16(18)7-13/h2-4,13-16,18,20H,5-10H2,1H3. The molecule has 5 rings (SSSR count).